The zero-order valence-corrected chi connectivity index (χ0v) is 4.89. The fourth-order valence-electron chi connectivity index (χ4n) is 0.753. The second-order valence-electron chi connectivity index (χ2n) is 2.30. The lowest BCUT2D eigenvalue weighted by Crippen LogP contribution is -2.12. The van der Waals surface area contributed by atoms with E-state index in [1.165, 1.54) is 19.3 Å². The summed E-state index contributed by atoms with van der Waals surface area (Å²) in [7, 11) is 0. The zero-order chi connectivity index (χ0) is 5.82. The number of hydrogen-bond donors (Lipinski definition) is 1. The van der Waals surface area contributed by atoms with E-state index in [1.54, 1.807) is 0 Å². The molecule has 2 heteroatoms. The minimum absolute atomic E-state index is 0.766. The van der Waals surface area contributed by atoms with Crippen molar-refractivity contribution in [1.82, 2.24) is 5.32 Å². The molecule has 1 aliphatic carbocycles. The topological polar surface area (TPSA) is 29.1 Å². The van der Waals surface area contributed by atoms with Crippen LogP contribution in [0.2, 0.25) is 0 Å². The molecule has 0 aromatic carbocycles. The van der Waals surface area contributed by atoms with Gasteiger partial charge in [0, 0.05) is 6.54 Å². The first kappa shape index (κ1) is 5.60. The van der Waals surface area contributed by atoms with Crippen LogP contribution in [0, 0.1) is 5.92 Å². The van der Waals surface area contributed by atoms with Crippen LogP contribution < -0.4 is 5.32 Å². The maximum Gasteiger partial charge on any atom is 0.207 e. The third kappa shape index (κ3) is 1.96. The molecule has 0 aromatic rings. The molecule has 1 fully saturated rings. The normalized spacial score (nSPS) is 18.0. The molecule has 2 nitrogen and oxygen atoms in total. The Morgan fingerprint density at radius 1 is 1.62 bits per heavy atom. The number of carbonyl (C=O) groups is 1. The highest BCUT2D eigenvalue weighted by Gasteiger charge is 2.19. The maximum absolute atomic E-state index is 9.70. The summed E-state index contributed by atoms with van der Waals surface area (Å²) in [5.74, 6) is 0.933. The van der Waals surface area contributed by atoms with E-state index in [0.717, 1.165) is 18.9 Å². The van der Waals surface area contributed by atoms with Crippen molar-refractivity contribution in [2.75, 3.05) is 6.54 Å². The van der Waals surface area contributed by atoms with Crippen molar-refractivity contribution in [3.8, 4) is 0 Å². The summed E-state index contributed by atoms with van der Waals surface area (Å²) in [5, 5.41) is 2.64. The fourth-order valence-corrected chi connectivity index (χ4v) is 0.753. The quantitative estimate of drug-likeness (QED) is 0.418. The van der Waals surface area contributed by atoms with Gasteiger partial charge in [-0.15, -0.1) is 0 Å². The maximum atomic E-state index is 9.70. The monoisotopic (exact) mass is 113 g/mol. The van der Waals surface area contributed by atoms with E-state index in [2.05, 4.69) is 5.32 Å². The highest BCUT2D eigenvalue weighted by Crippen LogP contribution is 2.31. The Morgan fingerprint density at radius 3 is 2.88 bits per heavy atom. The Labute approximate surface area is 49.3 Å². The molecule has 0 spiro atoms. The van der Waals surface area contributed by atoms with E-state index in [9.17, 15) is 4.79 Å². The lowest BCUT2D eigenvalue weighted by Gasteiger charge is -1.92. The first-order valence-corrected chi connectivity index (χ1v) is 3.10. The summed E-state index contributed by atoms with van der Waals surface area (Å²) in [6.07, 6.45) is 4.70. The summed E-state index contributed by atoms with van der Waals surface area (Å²) in [5.41, 5.74) is 0. The molecular weight excluding hydrogens is 102 g/mol. The van der Waals surface area contributed by atoms with Gasteiger partial charge >= 0.3 is 0 Å². The molecule has 0 unspecified atom stereocenters. The van der Waals surface area contributed by atoms with E-state index in [-0.39, 0.29) is 0 Å². The lowest BCUT2D eigenvalue weighted by atomic mass is 10.3. The van der Waals surface area contributed by atoms with Gasteiger partial charge in [0.1, 0.15) is 0 Å². The molecule has 46 valence electrons. The number of nitrogens with one attached hydrogen (secondary N) is 1. The number of amides is 1. The second-order valence-corrected chi connectivity index (χ2v) is 2.30. The predicted octanol–water partition coefficient (Wildman–Crippen LogP) is 0.532. The van der Waals surface area contributed by atoms with E-state index in [0.29, 0.717) is 0 Å². The molecule has 0 aliphatic heterocycles. The third-order valence-electron chi connectivity index (χ3n) is 1.48. The Kier molecular flexibility index (Phi) is 1.89. The molecule has 1 amide bonds. The Morgan fingerprint density at radius 2 is 2.38 bits per heavy atom. The van der Waals surface area contributed by atoms with Crippen LogP contribution in [0.15, 0.2) is 0 Å². The van der Waals surface area contributed by atoms with Gasteiger partial charge in [0.25, 0.3) is 0 Å². The van der Waals surface area contributed by atoms with Crippen molar-refractivity contribution >= 4 is 6.41 Å². The van der Waals surface area contributed by atoms with E-state index >= 15 is 0 Å². The standard InChI is InChI=1S/C6H11NO/c8-5-7-4-3-6-1-2-6/h5-6H,1-4H2,(H,7,8). The largest absolute Gasteiger partial charge is 0.359 e. The van der Waals surface area contributed by atoms with Crippen molar-refractivity contribution in [3.63, 3.8) is 0 Å². The number of hydrogen-bond acceptors (Lipinski definition) is 1. The first-order valence-electron chi connectivity index (χ1n) is 3.10. The van der Waals surface area contributed by atoms with Crippen LogP contribution in [-0.4, -0.2) is 13.0 Å². The van der Waals surface area contributed by atoms with Gasteiger partial charge in [0.2, 0.25) is 6.41 Å². The van der Waals surface area contributed by atoms with Crippen molar-refractivity contribution < 1.29 is 4.79 Å². The Bertz CT molecular complexity index is 78.6. The molecule has 1 rings (SSSR count). The Balaban J connectivity index is 1.80. The average Bonchev–Trinajstić information content (AvgIpc) is 2.51. The van der Waals surface area contributed by atoms with Crippen LogP contribution >= 0.6 is 0 Å². The van der Waals surface area contributed by atoms with Gasteiger partial charge in [-0.3, -0.25) is 4.79 Å². The lowest BCUT2D eigenvalue weighted by molar-refractivity contribution is -0.109. The second kappa shape index (κ2) is 2.70. The molecule has 0 aromatic heterocycles. The molecule has 8 heavy (non-hydrogen) atoms. The minimum Gasteiger partial charge on any atom is -0.359 e. The minimum atomic E-state index is 0.766. The molecule has 0 heterocycles. The van der Waals surface area contributed by atoms with Crippen LogP contribution in [0.3, 0.4) is 0 Å². The predicted molar refractivity (Wildman–Crippen MR) is 31.4 cm³/mol. The van der Waals surface area contributed by atoms with E-state index < -0.39 is 0 Å². The van der Waals surface area contributed by atoms with E-state index in [4.69, 9.17) is 0 Å². The SMILES string of the molecule is O=CNCCC1CC1. The Hall–Kier alpha value is -0.530. The summed E-state index contributed by atoms with van der Waals surface area (Å²) < 4.78 is 0. The number of rotatable bonds is 4. The average molecular weight is 113 g/mol. The summed E-state index contributed by atoms with van der Waals surface area (Å²) in [6.45, 7) is 0.869. The summed E-state index contributed by atoms with van der Waals surface area (Å²) >= 11 is 0. The van der Waals surface area contributed by atoms with Gasteiger partial charge in [-0.2, -0.15) is 0 Å². The molecule has 0 saturated heterocycles. The molecular formula is C6H11NO. The number of carbonyl (C=O) groups excluding carboxylic acids is 1. The van der Waals surface area contributed by atoms with Gasteiger partial charge in [-0.1, -0.05) is 12.8 Å². The smallest absolute Gasteiger partial charge is 0.207 e. The summed E-state index contributed by atoms with van der Waals surface area (Å²) in [6, 6.07) is 0. The first-order chi connectivity index (χ1) is 3.93. The van der Waals surface area contributed by atoms with Crippen LogP contribution in [0.25, 0.3) is 0 Å². The van der Waals surface area contributed by atoms with Gasteiger partial charge in [-0.25, -0.2) is 0 Å². The van der Waals surface area contributed by atoms with Gasteiger partial charge < -0.3 is 5.32 Å². The molecule has 0 bridgehead atoms. The van der Waals surface area contributed by atoms with Gasteiger partial charge in [0.05, 0.1) is 0 Å². The molecule has 1 N–H and O–H groups in total. The van der Waals surface area contributed by atoms with E-state index in [1.807, 2.05) is 0 Å². The van der Waals surface area contributed by atoms with Gasteiger partial charge in [0.15, 0.2) is 0 Å². The van der Waals surface area contributed by atoms with Crippen LogP contribution in [0.5, 0.6) is 0 Å². The zero-order valence-electron chi connectivity index (χ0n) is 4.89. The molecule has 0 atom stereocenters. The molecule has 1 saturated carbocycles. The molecule has 0 radical (unpaired) electrons. The summed E-state index contributed by atoms with van der Waals surface area (Å²) in [4.78, 5) is 9.70. The van der Waals surface area contributed by atoms with Crippen LogP contribution in [0.1, 0.15) is 19.3 Å². The molecule has 1 aliphatic rings. The van der Waals surface area contributed by atoms with Crippen molar-refractivity contribution in [2.45, 2.75) is 19.3 Å². The highest BCUT2D eigenvalue weighted by atomic mass is 16.1. The van der Waals surface area contributed by atoms with Crippen molar-refractivity contribution in [2.24, 2.45) is 5.92 Å². The van der Waals surface area contributed by atoms with Crippen molar-refractivity contribution in [3.05, 3.63) is 0 Å². The van der Waals surface area contributed by atoms with Gasteiger partial charge in [-0.05, 0) is 12.3 Å². The fraction of sp³-hybridized carbons (Fsp3) is 0.833. The van der Waals surface area contributed by atoms with Crippen LogP contribution in [0.4, 0.5) is 0 Å². The van der Waals surface area contributed by atoms with Crippen molar-refractivity contribution in [1.29, 1.82) is 0 Å². The highest BCUT2D eigenvalue weighted by molar-refractivity contribution is 5.45. The third-order valence-corrected chi connectivity index (χ3v) is 1.48. The van der Waals surface area contributed by atoms with Crippen LogP contribution in [-0.2, 0) is 4.79 Å².